The van der Waals surface area contributed by atoms with E-state index in [0.29, 0.717) is 11.1 Å². The smallest absolute Gasteiger partial charge is 0.262 e. The molecule has 0 saturated heterocycles. The highest BCUT2D eigenvalue weighted by molar-refractivity contribution is 7.93. The molecule has 0 bridgehead atoms. The lowest BCUT2D eigenvalue weighted by Crippen LogP contribution is -2.13. The van der Waals surface area contributed by atoms with Gasteiger partial charge in [0.2, 0.25) is 0 Å². The molecule has 0 aliphatic heterocycles. The van der Waals surface area contributed by atoms with Crippen molar-refractivity contribution >= 4 is 48.0 Å². The third-order valence-electron chi connectivity index (χ3n) is 4.86. The maximum atomic E-state index is 13.0. The molecule has 0 atom stereocenters. The Kier molecular flexibility index (Phi) is 4.49. The highest BCUT2D eigenvalue weighted by Gasteiger charge is 2.17. The Balaban J connectivity index is 1.45. The van der Waals surface area contributed by atoms with Gasteiger partial charge in [-0.25, -0.2) is 13.4 Å². The molecule has 3 aromatic carbocycles. The zero-order chi connectivity index (χ0) is 20.7. The summed E-state index contributed by atoms with van der Waals surface area (Å²) in [7, 11) is -3.73. The number of nitrogens with one attached hydrogen (secondary N) is 1. The lowest BCUT2D eigenvalue weighted by atomic mass is 10.2. The number of thiazole rings is 1. The van der Waals surface area contributed by atoms with Gasteiger partial charge in [-0.1, -0.05) is 18.2 Å². The Bertz CT molecular complexity index is 1490. The third-order valence-corrected chi connectivity index (χ3v) is 7.36. The second-order valence-corrected chi connectivity index (χ2v) is 9.71. The molecule has 0 fully saturated rings. The summed E-state index contributed by atoms with van der Waals surface area (Å²) in [5.74, 6) is 0. The van der Waals surface area contributed by atoms with E-state index in [4.69, 9.17) is 0 Å². The lowest BCUT2D eigenvalue weighted by Gasteiger charge is -2.10. The van der Waals surface area contributed by atoms with Crippen molar-refractivity contribution in [2.45, 2.75) is 11.8 Å². The van der Waals surface area contributed by atoms with Crippen molar-refractivity contribution in [2.75, 3.05) is 4.72 Å². The van der Waals surface area contributed by atoms with Crippen LogP contribution in [0.25, 0.3) is 31.6 Å². The van der Waals surface area contributed by atoms with Crippen LogP contribution in [0.15, 0.2) is 84.0 Å². The zero-order valence-electron chi connectivity index (χ0n) is 16.0. The molecule has 0 spiro atoms. The molecule has 0 unspecified atom stereocenters. The molecule has 2 aromatic heterocycles. The van der Waals surface area contributed by atoms with Crippen LogP contribution in [0.4, 0.5) is 5.69 Å². The standard InChI is InChI=1S/C23H17N3O2S2/c1-15-5-10-20-21(13-15)29-23(25-20)16-6-8-18(9-7-16)26-30(27,28)22-4-2-3-17-14-24-12-11-19(17)22/h2-14,26H,1H3. The lowest BCUT2D eigenvalue weighted by molar-refractivity contribution is 0.602. The number of rotatable bonds is 4. The van der Waals surface area contributed by atoms with E-state index in [0.717, 1.165) is 26.2 Å². The van der Waals surface area contributed by atoms with Crippen molar-refractivity contribution in [1.82, 2.24) is 9.97 Å². The minimum absolute atomic E-state index is 0.230. The summed E-state index contributed by atoms with van der Waals surface area (Å²) in [5.41, 5.74) is 3.62. The Morgan fingerprint density at radius 1 is 0.967 bits per heavy atom. The summed E-state index contributed by atoms with van der Waals surface area (Å²) in [5, 5.41) is 2.33. The number of anilines is 1. The molecular formula is C23H17N3O2S2. The number of pyridine rings is 1. The molecule has 0 saturated carbocycles. The van der Waals surface area contributed by atoms with Gasteiger partial charge in [-0.05, 0) is 61.0 Å². The molecule has 7 heteroatoms. The van der Waals surface area contributed by atoms with E-state index in [1.54, 1.807) is 54.1 Å². The van der Waals surface area contributed by atoms with E-state index in [9.17, 15) is 8.42 Å². The first-order valence-electron chi connectivity index (χ1n) is 9.33. The summed E-state index contributed by atoms with van der Waals surface area (Å²) in [6.45, 7) is 2.06. The monoisotopic (exact) mass is 431 g/mol. The van der Waals surface area contributed by atoms with Crippen LogP contribution in [0.1, 0.15) is 5.56 Å². The summed E-state index contributed by atoms with van der Waals surface area (Å²) >= 11 is 1.63. The summed E-state index contributed by atoms with van der Waals surface area (Å²) < 4.78 is 29.8. The van der Waals surface area contributed by atoms with Crippen LogP contribution in [0.2, 0.25) is 0 Å². The number of nitrogens with zero attached hydrogens (tertiary/aromatic N) is 2. The van der Waals surface area contributed by atoms with Gasteiger partial charge < -0.3 is 0 Å². The molecular weight excluding hydrogens is 414 g/mol. The van der Waals surface area contributed by atoms with Crippen LogP contribution in [0, 0.1) is 6.92 Å². The molecule has 148 valence electrons. The second-order valence-electron chi connectivity index (χ2n) is 7.03. The van der Waals surface area contributed by atoms with Crippen LogP contribution in [0.3, 0.4) is 0 Å². The van der Waals surface area contributed by atoms with E-state index in [1.165, 1.54) is 5.56 Å². The van der Waals surface area contributed by atoms with Gasteiger partial charge in [0.15, 0.2) is 0 Å². The fourth-order valence-corrected chi connectivity index (χ4v) is 5.73. The average molecular weight is 432 g/mol. The summed E-state index contributed by atoms with van der Waals surface area (Å²) in [6, 6.07) is 20.4. The molecule has 2 heterocycles. The van der Waals surface area contributed by atoms with Crippen LogP contribution in [0.5, 0.6) is 0 Å². The van der Waals surface area contributed by atoms with Gasteiger partial charge in [-0.2, -0.15) is 0 Å². The number of hydrogen-bond donors (Lipinski definition) is 1. The highest BCUT2D eigenvalue weighted by Crippen LogP contribution is 2.32. The highest BCUT2D eigenvalue weighted by atomic mass is 32.2. The van der Waals surface area contributed by atoms with Crippen LogP contribution in [-0.2, 0) is 10.0 Å². The Morgan fingerprint density at radius 3 is 2.63 bits per heavy atom. The third kappa shape index (κ3) is 3.42. The molecule has 30 heavy (non-hydrogen) atoms. The molecule has 1 N–H and O–H groups in total. The maximum absolute atomic E-state index is 13.0. The molecule has 0 aliphatic rings. The van der Waals surface area contributed by atoms with E-state index in [2.05, 4.69) is 27.7 Å². The SMILES string of the molecule is Cc1ccc2nc(-c3ccc(NS(=O)(=O)c4cccc5cnccc45)cc3)sc2c1. The van der Waals surface area contributed by atoms with Crippen molar-refractivity contribution in [3.05, 3.63) is 84.7 Å². The van der Waals surface area contributed by atoms with Crippen molar-refractivity contribution in [3.8, 4) is 10.6 Å². The normalized spacial score (nSPS) is 11.8. The minimum Gasteiger partial charge on any atom is -0.280 e. The van der Waals surface area contributed by atoms with Gasteiger partial charge >= 0.3 is 0 Å². The zero-order valence-corrected chi connectivity index (χ0v) is 17.7. The number of fused-ring (bicyclic) bond motifs is 2. The predicted octanol–water partition coefficient (Wildman–Crippen LogP) is 5.62. The Morgan fingerprint density at radius 2 is 1.80 bits per heavy atom. The fourth-order valence-electron chi connectivity index (χ4n) is 3.37. The minimum atomic E-state index is -3.73. The van der Waals surface area contributed by atoms with Gasteiger partial charge in [0, 0.05) is 34.4 Å². The van der Waals surface area contributed by atoms with Gasteiger partial charge in [0.1, 0.15) is 5.01 Å². The molecule has 0 radical (unpaired) electrons. The molecule has 5 nitrogen and oxygen atoms in total. The van der Waals surface area contributed by atoms with E-state index in [-0.39, 0.29) is 4.90 Å². The quantitative estimate of drug-likeness (QED) is 0.401. The maximum Gasteiger partial charge on any atom is 0.262 e. The van der Waals surface area contributed by atoms with Gasteiger partial charge in [-0.3, -0.25) is 9.71 Å². The molecule has 0 amide bonds. The van der Waals surface area contributed by atoms with E-state index < -0.39 is 10.0 Å². The first-order chi connectivity index (χ1) is 14.5. The number of aromatic nitrogens is 2. The molecule has 5 rings (SSSR count). The predicted molar refractivity (Wildman–Crippen MR) is 122 cm³/mol. The summed E-state index contributed by atoms with van der Waals surface area (Å²) in [6.07, 6.45) is 3.25. The molecule has 0 aliphatic carbocycles. The second kappa shape index (κ2) is 7.19. The number of hydrogen-bond acceptors (Lipinski definition) is 5. The Labute approximate surface area is 178 Å². The van der Waals surface area contributed by atoms with Crippen molar-refractivity contribution in [2.24, 2.45) is 0 Å². The van der Waals surface area contributed by atoms with E-state index >= 15 is 0 Å². The van der Waals surface area contributed by atoms with Crippen LogP contribution < -0.4 is 4.72 Å². The summed E-state index contributed by atoms with van der Waals surface area (Å²) in [4.78, 5) is 8.97. The van der Waals surface area contributed by atoms with Crippen LogP contribution in [-0.4, -0.2) is 18.4 Å². The van der Waals surface area contributed by atoms with Crippen molar-refractivity contribution < 1.29 is 8.42 Å². The average Bonchev–Trinajstić information content (AvgIpc) is 3.16. The van der Waals surface area contributed by atoms with E-state index in [1.807, 2.05) is 30.3 Å². The first-order valence-corrected chi connectivity index (χ1v) is 11.6. The van der Waals surface area contributed by atoms with Crippen molar-refractivity contribution in [3.63, 3.8) is 0 Å². The van der Waals surface area contributed by atoms with Gasteiger partial charge in [-0.15, -0.1) is 11.3 Å². The fraction of sp³-hybridized carbons (Fsp3) is 0.0435. The first kappa shape index (κ1) is 18.7. The van der Waals surface area contributed by atoms with Crippen molar-refractivity contribution in [1.29, 1.82) is 0 Å². The number of sulfonamides is 1. The van der Waals surface area contributed by atoms with Crippen LogP contribution >= 0.6 is 11.3 Å². The van der Waals surface area contributed by atoms with Gasteiger partial charge in [0.05, 0.1) is 15.1 Å². The topological polar surface area (TPSA) is 72.0 Å². The number of aryl methyl sites for hydroxylation is 1. The van der Waals surface area contributed by atoms with Gasteiger partial charge in [0.25, 0.3) is 10.0 Å². The molecule has 5 aromatic rings. The Hall–Kier alpha value is -3.29. The largest absolute Gasteiger partial charge is 0.280 e. The number of benzene rings is 3.